The molecule has 28 heavy (non-hydrogen) atoms. The lowest BCUT2D eigenvalue weighted by molar-refractivity contribution is -0.236. The standard InChI is InChI=1S/C20H24O8/c1-10(21)11-6-8-12(9-7-11)23-17(22)15-13-14(26-19(2,3)25-13)16-18(24-15)28-20(4,5)27-16/h6-9,13-16,18H,1-5H3/t13-,14+,15-,16-,18+/m1/s1. The summed E-state index contributed by atoms with van der Waals surface area (Å²) in [6.07, 6.45) is -3.56. The van der Waals surface area contributed by atoms with Crippen LogP contribution in [0.15, 0.2) is 24.3 Å². The fourth-order valence-electron chi connectivity index (χ4n) is 3.73. The minimum absolute atomic E-state index is 0.0675. The summed E-state index contributed by atoms with van der Waals surface area (Å²) in [7, 11) is 0. The Morgan fingerprint density at radius 1 is 0.857 bits per heavy atom. The van der Waals surface area contributed by atoms with Gasteiger partial charge in [-0.15, -0.1) is 0 Å². The van der Waals surface area contributed by atoms with E-state index in [0.717, 1.165) is 0 Å². The molecule has 0 radical (unpaired) electrons. The Labute approximate surface area is 163 Å². The number of benzene rings is 1. The second-order valence-corrected chi connectivity index (χ2v) is 8.09. The number of rotatable bonds is 3. The molecule has 3 aliphatic rings. The van der Waals surface area contributed by atoms with Crippen molar-refractivity contribution in [3.8, 4) is 5.75 Å². The first-order valence-corrected chi connectivity index (χ1v) is 9.24. The molecule has 1 aromatic rings. The predicted octanol–water partition coefficient (Wildman–Crippen LogP) is 2.19. The van der Waals surface area contributed by atoms with Crippen LogP contribution in [-0.4, -0.2) is 54.0 Å². The summed E-state index contributed by atoms with van der Waals surface area (Å²) < 4.78 is 34.9. The molecule has 5 atom stereocenters. The van der Waals surface area contributed by atoms with E-state index in [1.54, 1.807) is 52.0 Å². The van der Waals surface area contributed by atoms with Crippen LogP contribution in [0, 0.1) is 0 Å². The van der Waals surface area contributed by atoms with E-state index in [1.807, 2.05) is 0 Å². The Morgan fingerprint density at radius 3 is 2.07 bits per heavy atom. The van der Waals surface area contributed by atoms with Gasteiger partial charge in [-0.25, -0.2) is 4.79 Å². The second kappa shape index (κ2) is 6.60. The van der Waals surface area contributed by atoms with Crippen molar-refractivity contribution in [2.24, 2.45) is 0 Å². The number of carbonyl (C=O) groups is 2. The van der Waals surface area contributed by atoms with Crippen LogP contribution in [-0.2, 0) is 28.5 Å². The SMILES string of the molecule is CC(=O)c1ccc(OC(=O)[C@@H]2O[C@H]3OC(C)(C)O[C@@H]3[C@H]3OC(C)(C)O[C@H]32)cc1. The molecule has 0 bridgehead atoms. The topological polar surface area (TPSA) is 89.5 Å². The molecule has 0 saturated carbocycles. The van der Waals surface area contributed by atoms with Gasteiger partial charge in [-0.3, -0.25) is 4.79 Å². The minimum atomic E-state index is -1.04. The zero-order chi connectivity index (χ0) is 20.3. The van der Waals surface area contributed by atoms with Crippen molar-refractivity contribution in [1.29, 1.82) is 0 Å². The smallest absolute Gasteiger partial charge is 0.343 e. The lowest BCUT2D eigenvalue weighted by Crippen LogP contribution is -2.58. The van der Waals surface area contributed by atoms with Crippen LogP contribution in [0.1, 0.15) is 45.0 Å². The Hall–Kier alpha value is -1.84. The van der Waals surface area contributed by atoms with Gasteiger partial charge < -0.3 is 28.4 Å². The first-order valence-electron chi connectivity index (χ1n) is 9.24. The highest BCUT2D eigenvalue weighted by molar-refractivity contribution is 5.94. The highest BCUT2D eigenvalue weighted by atomic mass is 16.9. The van der Waals surface area contributed by atoms with E-state index in [4.69, 9.17) is 28.4 Å². The molecular formula is C20H24O8. The normalized spacial score (nSPS) is 35.1. The van der Waals surface area contributed by atoms with Crippen molar-refractivity contribution in [2.45, 2.75) is 76.9 Å². The summed E-state index contributed by atoms with van der Waals surface area (Å²) in [6.45, 7) is 8.55. The number of fused-ring (bicyclic) bond motifs is 3. The molecule has 0 spiro atoms. The van der Waals surface area contributed by atoms with E-state index in [9.17, 15) is 9.59 Å². The van der Waals surface area contributed by atoms with Crippen LogP contribution in [0.25, 0.3) is 0 Å². The van der Waals surface area contributed by atoms with Crippen LogP contribution < -0.4 is 4.74 Å². The first-order chi connectivity index (χ1) is 13.0. The third-order valence-electron chi connectivity index (χ3n) is 4.87. The van der Waals surface area contributed by atoms with Crippen molar-refractivity contribution < 1.29 is 38.0 Å². The van der Waals surface area contributed by atoms with Gasteiger partial charge in [0.25, 0.3) is 0 Å². The predicted molar refractivity (Wildman–Crippen MR) is 94.6 cm³/mol. The molecule has 3 fully saturated rings. The van der Waals surface area contributed by atoms with E-state index in [0.29, 0.717) is 11.3 Å². The van der Waals surface area contributed by atoms with Gasteiger partial charge in [0, 0.05) is 5.56 Å². The molecule has 0 unspecified atom stereocenters. The molecule has 152 valence electrons. The molecule has 3 saturated heterocycles. The summed E-state index contributed by atoms with van der Waals surface area (Å²) in [5, 5.41) is 0. The van der Waals surface area contributed by atoms with Gasteiger partial charge in [0.05, 0.1) is 0 Å². The lowest BCUT2D eigenvalue weighted by Gasteiger charge is -2.35. The Kier molecular flexibility index (Phi) is 4.59. The highest BCUT2D eigenvalue weighted by Gasteiger charge is 2.62. The van der Waals surface area contributed by atoms with E-state index >= 15 is 0 Å². The molecule has 4 rings (SSSR count). The maximum Gasteiger partial charge on any atom is 0.343 e. The second-order valence-electron chi connectivity index (χ2n) is 8.09. The van der Waals surface area contributed by atoms with Crippen molar-refractivity contribution in [2.75, 3.05) is 0 Å². The van der Waals surface area contributed by atoms with E-state index in [2.05, 4.69) is 0 Å². The summed E-state index contributed by atoms with van der Waals surface area (Å²) in [5.74, 6) is -2.15. The van der Waals surface area contributed by atoms with Crippen LogP contribution in [0.3, 0.4) is 0 Å². The maximum atomic E-state index is 12.8. The summed E-state index contributed by atoms with van der Waals surface area (Å²) in [6, 6.07) is 6.32. The van der Waals surface area contributed by atoms with E-state index in [1.165, 1.54) is 6.92 Å². The Bertz CT molecular complexity index is 784. The van der Waals surface area contributed by atoms with Crippen LogP contribution >= 0.6 is 0 Å². The number of Topliss-reactive ketones (excluding diaryl/α,β-unsaturated/α-hetero) is 1. The largest absolute Gasteiger partial charge is 0.425 e. The van der Waals surface area contributed by atoms with Gasteiger partial charge >= 0.3 is 5.97 Å². The molecule has 0 aromatic heterocycles. The van der Waals surface area contributed by atoms with E-state index < -0.39 is 48.2 Å². The average Bonchev–Trinajstić information content (AvgIpc) is 3.08. The molecule has 8 heteroatoms. The number of ketones is 1. The highest BCUT2D eigenvalue weighted by Crippen LogP contribution is 2.44. The molecule has 8 nitrogen and oxygen atoms in total. The van der Waals surface area contributed by atoms with Gasteiger partial charge in [-0.1, -0.05) is 0 Å². The third-order valence-corrected chi connectivity index (χ3v) is 4.87. The van der Waals surface area contributed by atoms with Crippen molar-refractivity contribution in [1.82, 2.24) is 0 Å². The number of ether oxygens (including phenoxy) is 6. The molecule has 0 N–H and O–H groups in total. The zero-order valence-corrected chi connectivity index (χ0v) is 16.5. The quantitative estimate of drug-likeness (QED) is 0.439. The summed E-state index contributed by atoms with van der Waals surface area (Å²) in [5.41, 5.74) is 0.532. The molecule has 0 amide bonds. The molecule has 1 aromatic carbocycles. The maximum absolute atomic E-state index is 12.8. The Morgan fingerprint density at radius 2 is 1.43 bits per heavy atom. The molecule has 0 aliphatic carbocycles. The number of esters is 1. The summed E-state index contributed by atoms with van der Waals surface area (Å²) >= 11 is 0. The minimum Gasteiger partial charge on any atom is -0.425 e. The van der Waals surface area contributed by atoms with Crippen LogP contribution in [0.2, 0.25) is 0 Å². The zero-order valence-electron chi connectivity index (χ0n) is 16.5. The fraction of sp³-hybridized carbons (Fsp3) is 0.600. The lowest BCUT2D eigenvalue weighted by atomic mass is 9.99. The average molecular weight is 392 g/mol. The summed E-state index contributed by atoms with van der Waals surface area (Å²) in [4.78, 5) is 24.2. The van der Waals surface area contributed by atoms with E-state index in [-0.39, 0.29) is 5.78 Å². The van der Waals surface area contributed by atoms with Crippen molar-refractivity contribution >= 4 is 11.8 Å². The number of hydrogen-bond donors (Lipinski definition) is 0. The molecule has 3 heterocycles. The number of hydrogen-bond acceptors (Lipinski definition) is 8. The number of carbonyl (C=O) groups excluding carboxylic acids is 2. The van der Waals surface area contributed by atoms with Crippen LogP contribution in [0.4, 0.5) is 0 Å². The van der Waals surface area contributed by atoms with Gasteiger partial charge in [-0.2, -0.15) is 0 Å². The van der Waals surface area contributed by atoms with Gasteiger partial charge in [-0.05, 0) is 58.9 Å². The van der Waals surface area contributed by atoms with Crippen LogP contribution in [0.5, 0.6) is 5.75 Å². The third kappa shape index (κ3) is 3.58. The molecule has 3 aliphatic heterocycles. The van der Waals surface area contributed by atoms with Gasteiger partial charge in [0.2, 0.25) is 0 Å². The Balaban J connectivity index is 1.54. The van der Waals surface area contributed by atoms with Gasteiger partial charge in [0.1, 0.15) is 24.1 Å². The first kappa shape index (κ1) is 19.5. The molecular weight excluding hydrogens is 368 g/mol. The fourth-order valence-corrected chi connectivity index (χ4v) is 3.73. The van der Waals surface area contributed by atoms with Gasteiger partial charge in [0.15, 0.2) is 29.8 Å². The van der Waals surface area contributed by atoms with Crippen molar-refractivity contribution in [3.63, 3.8) is 0 Å². The monoisotopic (exact) mass is 392 g/mol. The van der Waals surface area contributed by atoms with Crippen molar-refractivity contribution in [3.05, 3.63) is 29.8 Å².